The number of nitrogens with zero attached hydrogens (tertiary/aromatic N) is 3. The van der Waals surface area contributed by atoms with E-state index in [0.29, 0.717) is 25.7 Å². The van der Waals surface area contributed by atoms with Crippen LogP contribution in [-0.4, -0.2) is 51.2 Å². The number of aromatic nitrogens is 2. The average Bonchev–Trinajstić information content (AvgIpc) is 3.28. The Morgan fingerprint density at radius 2 is 1.69 bits per heavy atom. The summed E-state index contributed by atoms with van der Waals surface area (Å²) in [6.07, 6.45) is 0.582. The quantitative estimate of drug-likeness (QED) is 0.333. The maximum Gasteiger partial charge on any atom is 0.433 e. The molecule has 0 unspecified atom stereocenters. The fourth-order valence-corrected chi connectivity index (χ4v) is 6.58. The summed E-state index contributed by atoms with van der Waals surface area (Å²) in [5.41, 5.74) is -1.53. The number of aliphatic hydroxyl groups is 1. The molecule has 1 N–H and O–H groups in total. The minimum absolute atomic E-state index is 0.0362. The molecule has 2 fully saturated rings. The lowest BCUT2D eigenvalue weighted by Gasteiger charge is -2.42. The largest absolute Gasteiger partial charge is 0.433 e. The first kappa shape index (κ1) is 29.9. The van der Waals surface area contributed by atoms with Crippen molar-refractivity contribution >= 4 is 34.9 Å². The lowest BCUT2D eigenvalue weighted by atomic mass is 9.70. The van der Waals surface area contributed by atoms with E-state index in [-0.39, 0.29) is 39.6 Å². The van der Waals surface area contributed by atoms with Gasteiger partial charge in [-0.25, -0.2) is 0 Å². The first-order chi connectivity index (χ1) is 18.2. The Balaban J connectivity index is 1.68. The summed E-state index contributed by atoms with van der Waals surface area (Å²) in [4.78, 5) is 28.3. The number of carbonyl (C=O) groups is 2. The van der Waals surface area contributed by atoms with Crippen molar-refractivity contribution in [1.82, 2.24) is 14.7 Å². The van der Waals surface area contributed by atoms with Crippen LogP contribution in [0.15, 0.2) is 18.3 Å². The molecule has 1 aromatic carbocycles. The van der Waals surface area contributed by atoms with Gasteiger partial charge in [-0.2, -0.15) is 18.3 Å². The number of aliphatic hydroxyl groups excluding tert-OH is 1. The topological polar surface area (TPSA) is 75.4 Å². The molecule has 0 atom stereocenters. The lowest BCUT2D eigenvalue weighted by molar-refractivity contribution is -0.146. The number of carbonyl (C=O) groups excluding carboxylic acids is 2. The Morgan fingerprint density at radius 1 is 1.10 bits per heavy atom. The highest BCUT2D eigenvalue weighted by Gasteiger charge is 2.45. The van der Waals surface area contributed by atoms with Gasteiger partial charge in [-0.05, 0) is 74.0 Å². The highest BCUT2D eigenvalue weighted by Crippen LogP contribution is 2.44. The van der Waals surface area contributed by atoms with Gasteiger partial charge in [-0.15, -0.1) is 0 Å². The minimum atomic E-state index is -4.83. The number of amides is 1. The fraction of sp³-hybridized carbons (Fsp3) is 0.607. The van der Waals surface area contributed by atoms with Gasteiger partial charge in [-0.1, -0.05) is 43.5 Å². The summed E-state index contributed by atoms with van der Waals surface area (Å²) in [5, 5.41) is 14.0. The van der Waals surface area contributed by atoms with Crippen LogP contribution in [0.5, 0.6) is 0 Å². The molecule has 0 bridgehead atoms. The number of hydrogen-bond donors (Lipinski definition) is 1. The SMILES string of the molecule is Cc1cc(Cl)c(C(=O)CN(CC2(C)CCC2)C(=O)c2cnn(C3CCC(C)(CO)CC3)c2C(F)(F)F)c(Cl)c1. The predicted octanol–water partition coefficient (Wildman–Crippen LogP) is 7.15. The van der Waals surface area contributed by atoms with Crippen LogP contribution in [0.25, 0.3) is 0 Å². The van der Waals surface area contributed by atoms with Crippen molar-refractivity contribution in [1.29, 1.82) is 0 Å². The maximum atomic E-state index is 14.5. The van der Waals surface area contributed by atoms with E-state index in [4.69, 9.17) is 23.2 Å². The highest BCUT2D eigenvalue weighted by atomic mass is 35.5. The van der Waals surface area contributed by atoms with E-state index >= 15 is 0 Å². The maximum absolute atomic E-state index is 14.5. The third-order valence-electron chi connectivity index (χ3n) is 8.40. The second kappa shape index (κ2) is 11.1. The number of ketones is 1. The van der Waals surface area contributed by atoms with Gasteiger partial charge in [0, 0.05) is 13.2 Å². The summed E-state index contributed by atoms with van der Waals surface area (Å²) in [6.45, 7) is 5.27. The Morgan fingerprint density at radius 3 is 2.18 bits per heavy atom. The van der Waals surface area contributed by atoms with Crippen LogP contribution in [0, 0.1) is 17.8 Å². The van der Waals surface area contributed by atoms with Crippen LogP contribution in [0.3, 0.4) is 0 Å². The number of rotatable bonds is 8. The summed E-state index contributed by atoms with van der Waals surface area (Å²) < 4.78 is 44.3. The van der Waals surface area contributed by atoms with Gasteiger partial charge in [0.15, 0.2) is 11.5 Å². The molecule has 2 saturated carbocycles. The summed E-state index contributed by atoms with van der Waals surface area (Å²) in [7, 11) is 0. The van der Waals surface area contributed by atoms with Gasteiger partial charge >= 0.3 is 6.18 Å². The standard InChI is InChI=1S/C28H34Cl2F3N3O3/c1-17-11-20(29)23(21(30)12-17)22(38)14-35(15-26(2)7-4-8-26)25(39)19-13-34-36(24(19)28(31,32)33)18-5-9-27(3,16-37)10-6-18/h11-13,18,37H,4-10,14-16H2,1-3H3. The molecule has 2 aromatic rings. The molecule has 214 valence electrons. The molecule has 0 radical (unpaired) electrons. The Kier molecular flexibility index (Phi) is 8.47. The highest BCUT2D eigenvalue weighted by molar-refractivity contribution is 6.40. The van der Waals surface area contributed by atoms with Crippen molar-refractivity contribution in [2.24, 2.45) is 10.8 Å². The number of hydrogen-bond acceptors (Lipinski definition) is 4. The summed E-state index contributed by atoms with van der Waals surface area (Å²) in [5.74, 6) is -1.44. The first-order valence-electron chi connectivity index (χ1n) is 13.2. The van der Waals surface area contributed by atoms with Gasteiger partial charge < -0.3 is 10.0 Å². The van der Waals surface area contributed by atoms with Crippen LogP contribution < -0.4 is 0 Å². The molecule has 2 aliphatic rings. The fourth-order valence-electron chi connectivity index (χ4n) is 5.77. The monoisotopic (exact) mass is 587 g/mol. The van der Waals surface area contributed by atoms with E-state index in [1.807, 2.05) is 13.8 Å². The van der Waals surface area contributed by atoms with E-state index < -0.39 is 41.7 Å². The second-order valence-corrected chi connectivity index (χ2v) is 12.7. The van der Waals surface area contributed by atoms with E-state index in [1.54, 1.807) is 19.1 Å². The van der Waals surface area contributed by atoms with Gasteiger partial charge in [-0.3, -0.25) is 14.3 Å². The van der Waals surface area contributed by atoms with Crippen molar-refractivity contribution in [3.8, 4) is 0 Å². The molecule has 2 aliphatic carbocycles. The number of Topliss-reactive ketones (excluding diaryl/α,β-unsaturated/α-hetero) is 1. The molecule has 4 rings (SSSR count). The molecule has 0 spiro atoms. The number of aryl methyl sites for hydroxylation is 1. The number of alkyl halides is 3. The van der Waals surface area contributed by atoms with Crippen LogP contribution in [0.2, 0.25) is 10.0 Å². The van der Waals surface area contributed by atoms with Crippen LogP contribution in [-0.2, 0) is 6.18 Å². The lowest BCUT2D eigenvalue weighted by Crippen LogP contribution is -2.46. The molecule has 0 saturated heterocycles. The number of halogens is 5. The third-order valence-corrected chi connectivity index (χ3v) is 9.00. The molecule has 1 amide bonds. The van der Waals surface area contributed by atoms with Crippen LogP contribution in [0.1, 0.15) is 96.8 Å². The molecule has 1 aromatic heterocycles. The summed E-state index contributed by atoms with van der Waals surface area (Å²) >= 11 is 12.6. The van der Waals surface area contributed by atoms with Gasteiger partial charge in [0.25, 0.3) is 5.91 Å². The van der Waals surface area contributed by atoms with Crippen LogP contribution >= 0.6 is 23.2 Å². The van der Waals surface area contributed by atoms with E-state index in [9.17, 15) is 27.9 Å². The van der Waals surface area contributed by atoms with Crippen molar-refractivity contribution in [2.45, 2.75) is 77.9 Å². The smallest absolute Gasteiger partial charge is 0.396 e. The van der Waals surface area contributed by atoms with Gasteiger partial charge in [0.05, 0.1) is 40.0 Å². The Bertz CT molecular complexity index is 1230. The van der Waals surface area contributed by atoms with E-state index in [1.165, 1.54) is 4.90 Å². The van der Waals surface area contributed by atoms with Crippen LogP contribution in [0.4, 0.5) is 13.2 Å². The number of benzene rings is 1. The second-order valence-electron chi connectivity index (χ2n) is 11.9. The molecule has 0 aliphatic heterocycles. The van der Waals surface area contributed by atoms with Crippen molar-refractivity contribution < 1.29 is 27.9 Å². The molecule has 6 nitrogen and oxygen atoms in total. The van der Waals surface area contributed by atoms with Gasteiger partial charge in [0.1, 0.15) is 0 Å². The zero-order chi connectivity index (χ0) is 28.8. The minimum Gasteiger partial charge on any atom is -0.396 e. The normalized spacial score (nSPS) is 22.8. The van der Waals surface area contributed by atoms with Crippen molar-refractivity contribution in [2.75, 3.05) is 19.7 Å². The van der Waals surface area contributed by atoms with Gasteiger partial charge in [0.2, 0.25) is 0 Å². The summed E-state index contributed by atoms with van der Waals surface area (Å²) in [6, 6.07) is 2.61. The predicted molar refractivity (Wildman–Crippen MR) is 143 cm³/mol. The Hall–Kier alpha value is -2.10. The molecule has 1 heterocycles. The molecule has 11 heteroatoms. The zero-order valence-corrected chi connectivity index (χ0v) is 23.9. The molecular formula is C28H34Cl2F3N3O3. The van der Waals surface area contributed by atoms with E-state index in [2.05, 4.69) is 5.10 Å². The first-order valence-corrected chi connectivity index (χ1v) is 14.0. The zero-order valence-electron chi connectivity index (χ0n) is 22.4. The molecular weight excluding hydrogens is 554 g/mol. The van der Waals surface area contributed by atoms with Crippen molar-refractivity contribution in [3.63, 3.8) is 0 Å². The third kappa shape index (κ3) is 6.30. The van der Waals surface area contributed by atoms with Crippen molar-refractivity contribution in [3.05, 3.63) is 50.8 Å². The van der Waals surface area contributed by atoms with E-state index in [0.717, 1.165) is 35.7 Å². The Labute approximate surface area is 236 Å². The molecule has 39 heavy (non-hydrogen) atoms. The average molecular weight is 588 g/mol.